The van der Waals surface area contributed by atoms with Crippen molar-refractivity contribution < 1.29 is 4.79 Å². The van der Waals surface area contributed by atoms with Gasteiger partial charge in [-0.15, -0.1) is 0 Å². The zero-order chi connectivity index (χ0) is 12.9. The Hall–Kier alpha value is -1.51. The van der Waals surface area contributed by atoms with Gasteiger partial charge < -0.3 is 9.88 Å². The lowest BCUT2D eigenvalue weighted by Crippen LogP contribution is -2.38. The summed E-state index contributed by atoms with van der Waals surface area (Å²) in [6.45, 7) is 7.83. The van der Waals surface area contributed by atoms with Crippen LogP contribution in [0.2, 0.25) is 0 Å². The molecule has 1 aromatic heterocycles. The van der Waals surface area contributed by atoms with E-state index in [-0.39, 0.29) is 11.4 Å². The Morgan fingerprint density at radius 1 is 1.50 bits per heavy atom. The summed E-state index contributed by atoms with van der Waals surface area (Å²) in [5.74, 6) is 0.821. The molecule has 3 heteroatoms. The SMILES string of the molecule is C=C(C)n1ccc(C(=O)NC2(C3CC3)CC2)c1C. The van der Waals surface area contributed by atoms with Crippen molar-refractivity contribution in [1.82, 2.24) is 9.88 Å². The molecule has 2 aliphatic carbocycles. The molecule has 0 atom stereocenters. The lowest BCUT2D eigenvalue weighted by Gasteiger charge is -2.16. The van der Waals surface area contributed by atoms with Gasteiger partial charge in [-0.1, -0.05) is 6.58 Å². The van der Waals surface area contributed by atoms with Crippen LogP contribution >= 0.6 is 0 Å². The van der Waals surface area contributed by atoms with E-state index in [4.69, 9.17) is 0 Å². The molecule has 0 saturated heterocycles. The molecule has 1 amide bonds. The largest absolute Gasteiger partial charge is 0.346 e. The van der Waals surface area contributed by atoms with Crippen LogP contribution in [-0.4, -0.2) is 16.0 Å². The van der Waals surface area contributed by atoms with Crippen LogP contribution in [0.4, 0.5) is 0 Å². The summed E-state index contributed by atoms with van der Waals surface area (Å²) >= 11 is 0. The van der Waals surface area contributed by atoms with Gasteiger partial charge in [-0.25, -0.2) is 0 Å². The van der Waals surface area contributed by atoms with Crippen LogP contribution in [0.25, 0.3) is 5.70 Å². The summed E-state index contributed by atoms with van der Waals surface area (Å²) < 4.78 is 1.96. The number of hydrogen-bond acceptors (Lipinski definition) is 1. The van der Waals surface area contributed by atoms with Crippen LogP contribution < -0.4 is 5.32 Å². The monoisotopic (exact) mass is 244 g/mol. The standard InChI is InChI=1S/C15H20N2O/c1-10(2)17-9-6-13(11(17)3)14(18)16-15(7-8-15)12-4-5-12/h6,9,12H,1,4-5,7-8H2,2-3H3,(H,16,18). The van der Waals surface area contributed by atoms with Gasteiger partial charge in [0.15, 0.2) is 0 Å². The van der Waals surface area contributed by atoms with Crippen molar-refractivity contribution in [3.63, 3.8) is 0 Å². The minimum atomic E-state index is 0.0805. The molecule has 2 aliphatic rings. The summed E-state index contributed by atoms with van der Waals surface area (Å²) in [6.07, 6.45) is 6.80. The Labute approximate surface area is 108 Å². The van der Waals surface area contributed by atoms with Crippen LogP contribution in [0.5, 0.6) is 0 Å². The van der Waals surface area contributed by atoms with Crippen LogP contribution in [0, 0.1) is 12.8 Å². The number of amides is 1. The number of allylic oxidation sites excluding steroid dienone is 1. The number of hydrogen-bond donors (Lipinski definition) is 1. The van der Waals surface area contributed by atoms with Crippen LogP contribution in [0.1, 0.15) is 48.7 Å². The number of carbonyl (C=O) groups excluding carboxylic acids is 1. The lowest BCUT2D eigenvalue weighted by molar-refractivity contribution is 0.0925. The molecular formula is C15H20N2O. The van der Waals surface area contributed by atoms with Crippen LogP contribution in [0.15, 0.2) is 18.8 Å². The van der Waals surface area contributed by atoms with Crippen LogP contribution in [-0.2, 0) is 0 Å². The summed E-state index contributed by atoms with van der Waals surface area (Å²) in [4.78, 5) is 12.3. The number of aromatic nitrogens is 1. The molecule has 2 saturated carbocycles. The third kappa shape index (κ3) is 1.78. The van der Waals surface area contributed by atoms with Crippen LogP contribution in [0.3, 0.4) is 0 Å². The zero-order valence-corrected chi connectivity index (χ0v) is 11.1. The lowest BCUT2D eigenvalue weighted by atomic mass is 10.1. The number of carbonyl (C=O) groups is 1. The molecular weight excluding hydrogens is 224 g/mol. The Bertz CT molecular complexity index is 519. The molecule has 0 spiro atoms. The highest BCUT2D eigenvalue weighted by Crippen LogP contribution is 2.53. The molecule has 18 heavy (non-hydrogen) atoms. The molecule has 96 valence electrons. The molecule has 0 aliphatic heterocycles. The second kappa shape index (κ2) is 3.74. The predicted molar refractivity (Wildman–Crippen MR) is 72.3 cm³/mol. The molecule has 1 aromatic rings. The quantitative estimate of drug-likeness (QED) is 0.868. The van der Waals surface area contributed by atoms with Crippen molar-refractivity contribution in [3.8, 4) is 0 Å². The Morgan fingerprint density at radius 3 is 2.61 bits per heavy atom. The van der Waals surface area contributed by atoms with E-state index in [1.165, 1.54) is 12.8 Å². The second-order valence-corrected chi connectivity index (χ2v) is 5.80. The van der Waals surface area contributed by atoms with E-state index in [1.54, 1.807) is 0 Å². The molecule has 1 heterocycles. The Balaban J connectivity index is 1.78. The van der Waals surface area contributed by atoms with Gasteiger partial charge in [-0.3, -0.25) is 4.79 Å². The second-order valence-electron chi connectivity index (χ2n) is 5.80. The third-order valence-electron chi connectivity index (χ3n) is 4.31. The topological polar surface area (TPSA) is 34.0 Å². The maximum absolute atomic E-state index is 12.3. The average Bonchev–Trinajstić information content (AvgIpc) is 3.17. The zero-order valence-electron chi connectivity index (χ0n) is 11.1. The Morgan fingerprint density at radius 2 is 2.17 bits per heavy atom. The summed E-state index contributed by atoms with van der Waals surface area (Å²) in [5.41, 5.74) is 2.85. The molecule has 0 bridgehead atoms. The Kier molecular flexibility index (Phi) is 2.40. The van der Waals surface area contributed by atoms with E-state index in [1.807, 2.05) is 30.7 Å². The van der Waals surface area contributed by atoms with Gasteiger partial charge in [0.1, 0.15) is 0 Å². The highest BCUT2D eigenvalue weighted by Gasteiger charge is 2.54. The van der Waals surface area contributed by atoms with Gasteiger partial charge >= 0.3 is 0 Å². The van der Waals surface area contributed by atoms with Gasteiger partial charge in [0, 0.05) is 23.1 Å². The van der Waals surface area contributed by atoms with Crippen molar-refractivity contribution in [2.45, 2.75) is 45.1 Å². The van der Waals surface area contributed by atoms with E-state index in [9.17, 15) is 4.79 Å². The van der Waals surface area contributed by atoms with Crippen molar-refractivity contribution in [2.75, 3.05) is 0 Å². The first-order valence-electron chi connectivity index (χ1n) is 6.70. The first-order chi connectivity index (χ1) is 8.53. The fourth-order valence-corrected chi connectivity index (χ4v) is 2.86. The maximum Gasteiger partial charge on any atom is 0.253 e. The normalized spacial score (nSPS) is 20.6. The van der Waals surface area contributed by atoms with E-state index in [2.05, 4.69) is 11.9 Å². The van der Waals surface area contributed by atoms with E-state index in [0.29, 0.717) is 0 Å². The van der Waals surface area contributed by atoms with Gasteiger partial charge in [0.05, 0.1) is 5.56 Å². The van der Waals surface area contributed by atoms with Crippen molar-refractivity contribution >= 4 is 11.6 Å². The molecule has 2 fully saturated rings. The van der Waals surface area contributed by atoms with Gasteiger partial charge in [-0.05, 0) is 51.5 Å². The molecule has 0 aromatic carbocycles. The van der Waals surface area contributed by atoms with Crippen molar-refractivity contribution in [2.24, 2.45) is 5.92 Å². The summed E-state index contributed by atoms with van der Waals surface area (Å²) in [6, 6.07) is 1.89. The van der Waals surface area contributed by atoms with E-state index < -0.39 is 0 Å². The molecule has 1 N–H and O–H groups in total. The minimum absolute atomic E-state index is 0.0805. The molecule has 3 nitrogen and oxygen atoms in total. The van der Waals surface area contributed by atoms with E-state index in [0.717, 1.165) is 35.7 Å². The fourth-order valence-electron chi connectivity index (χ4n) is 2.86. The molecule has 3 rings (SSSR count). The highest BCUT2D eigenvalue weighted by atomic mass is 16.1. The van der Waals surface area contributed by atoms with E-state index >= 15 is 0 Å². The third-order valence-corrected chi connectivity index (χ3v) is 4.31. The summed E-state index contributed by atoms with van der Waals surface area (Å²) in [5, 5.41) is 3.26. The van der Waals surface area contributed by atoms with Gasteiger partial charge in [-0.2, -0.15) is 0 Å². The fraction of sp³-hybridized carbons (Fsp3) is 0.533. The van der Waals surface area contributed by atoms with Crippen molar-refractivity contribution in [3.05, 3.63) is 30.1 Å². The minimum Gasteiger partial charge on any atom is -0.346 e. The average molecular weight is 244 g/mol. The van der Waals surface area contributed by atoms with Gasteiger partial charge in [0.2, 0.25) is 0 Å². The highest BCUT2D eigenvalue weighted by molar-refractivity contribution is 5.96. The smallest absolute Gasteiger partial charge is 0.253 e. The first-order valence-corrected chi connectivity index (χ1v) is 6.70. The molecule has 0 radical (unpaired) electrons. The molecule has 0 unspecified atom stereocenters. The van der Waals surface area contributed by atoms with Crippen molar-refractivity contribution in [1.29, 1.82) is 0 Å². The number of nitrogens with one attached hydrogen (secondary N) is 1. The maximum atomic E-state index is 12.3. The number of nitrogens with zero attached hydrogens (tertiary/aromatic N) is 1. The summed E-state index contributed by atoms with van der Waals surface area (Å²) in [7, 11) is 0. The number of rotatable bonds is 4. The predicted octanol–water partition coefficient (Wildman–Crippen LogP) is 2.96. The first kappa shape index (κ1) is 11.6. The van der Waals surface area contributed by atoms with Gasteiger partial charge in [0.25, 0.3) is 5.91 Å².